The lowest BCUT2D eigenvalue weighted by Crippen LogP contribution is -2.23. The maximum Gasteiger partial charge on any atom is 0.318 e. The molecule has 0 aliphatic carbocycles. The maximum atomic E-state index is 12.2. The van der Waals surface area contributed by atoms with Gasteiger partial charge >= 0.3 is 5.97 Å². The van der Waals surface area contributed by atoms with Gasteiger partial charge in [-0.2, -0.15) is 0 Å². The molecule has 2 aromatic rings. The van der Waals surface area contributed by atoms with Crippen molar-refractivity contribution in [3.63, 3.8) is 0 Å². The Kier molecular flexibility index (Phi) is 5.02. The van der Waals surface area contributed by atoms with Gasteiger partial charge in [-0.25, -0.2) is 0 Å². The zero-order valence-electron chi connectivity index (χ0n) is 11.3. The molecule has 0 amide bonds. The van der Waals surface area contributed by atoms with Crippen molar-refractivity contribution >= 4 is 23.1 Å². The number of rotatable bonds is 5. The third-order valence-electron chi connectivity index (χ3n) is 2.98. The number of benzene rings is 2. The molecule has 1 unspecified atom stereocenters. The molecule has 0 aliphatic rings. The van der Waals surface area contributed by atoms with Gasteiger partial charge in [0.2, 0.25) is 0 Å². The lowest BCUT2D eigenvalue weighted by molar-refractivity contribution is -0.143. The second-order valence-corrected chi connectivity index (χ2v) is 4.77. The molecular weight excluding hydrogens is 268 g/mol. The van der Waals surface area contributed by atoms with E-state index in [1.165, 1.54) is 0 Å². The monoisotopic (exact) mass is 284 g/mol. The predicted molar refractivity (Wildman–Crippen MR) is 84.0 cm³/mol. The second-order valence-electron chi connectivity index (χ2n) is 4.33. The number of hydrogen-bond donors (Lipinski definition) is 0. The van der Waals surface area contributed by atoms with Crippen molar-refractivity contribution < 1.29 is 9.53 Å². The summed E-state index contributed by atoms with van der Waals surface area (Å²) < 4.78 is 5.17. The van der Waals surface area contributed by atoms with Crippen LogP contribution in [0.5, 0.6) is 0 Å². The maximum absolute atomic E-state index is 12.2. The molecule has 2 aromatic carbocycles. The Bertz CT molecular complexity index is 578. The summed E-state index contributed by atoms with van der Waals surface area (Å²) in [5.41, 5.74) is 1.74. The Morgan fingerprint density at radius 1 is 1.05 bits per heavy atom. The molecule has 0 aromatic heterocycles. The van der Waals surface area contributed by atoms with Crippen molar-refractivity contribution in [3.05, 3.63) is 71.8 Å². The van der Waals surface area contributed by atoms with E-state index in [4.69, 9.17) is 17.0 Å². The van der Waals surface area contributed by atoms with Gasteiger partial charge in [-0.15, -0.1) is 0 Å². The largest absolute Gasteiger partial charge is 0.465 e. The summed E-state index contributed by atoms with van der Waals surface area (Å²) in [6.45, 7) is 2.14. The Morgan fingerprint density at radius 3 is 2.15 bits per heavy atom. The summed E-state index contributed by atoms with van der Waals surface area (Å²) in [7, 11) is 0. The lowest BCUT2D eigenvalue weighted by atomic mass is 9.92. The molecule has 3 heteroatoms. The Hall–Kier alpha value is -2.00. The Balaban J connectivity index is 2.37. The van der Waals surface area contributed by atoms with E-state index in [2.05, 4.69) is 0 Å². The first kappa shape index (κ1) is 14.4. The van der Waals surface area contributed by atoms with Crippen LogP contribution in [0.1, 0.15) is 24.0 Å². The normalized spacial score (nSPS) is 11.7. The minimum Gasteiger partial charge on any atom is -0.465 e. The van der Waals surface area contributed by atoms with Crippen LogP contribution >= 0.6 is 12.2 Å². The SMILES string of the molecule is CCOC(=O)C(C(=S)c1ccccc1)c1ccccc1. The van der Waals surface area contributed by atoms with Gasteiger partial charge < -0.3 is 4.74 Å². The van der Waals surface area contributed by atoms with Crippen LogP contribution in [0.4, 0.5) is 0 Å². The highest BCUT2D eigenvalue weighted by Crippen LogP contribution is 2.23. The van der Waals surface area contributed by atoms with Gasteiger partial charge in [0.05, 0.1) is 6.61 Å². The van der Waals surface area contributed by atoms with Crippen molar-refractivity contribution in [2.24, 2.45) is 0 Å². The molecule has 0 spiro atoms. The van der Waals surface area contributed by atoms with Crippen molar-refractivity contribution in [1.82, 2.24) is 0 Å². The van der Waals surface area contributed by atoms with Gasteiger partial charge in [0.25, 0.3) is 0 Å². The van der Waals surface area contributed by atoms with E-state index in [0.717, 1.165) is 11.1 Å². The molecule has 102 valence electrons. The van der Waals surface area contributed by atoms with Gasteiger partial charge in [-0.1, -0.05) is 72.9 Å². The Labute approximate surface area is 124 Å². The van der Waals surface area contributed by atoms with E-state index in [-0.39, 0.29) is 5.97 Å². The van der Waals surface area contributed by atoms with Crippen LogP contribution in [0.25, 0.3) is 0 Å². The van der Waals surface area contributed by atoms with E-state index in [1.54, 1.807) is 6.92 Å². The Morgan fingerprint density at radius 2 is 1.60 bits per heavy atom. The molecule has 0 bridgehead atoms. The molecule has 0 heterocycles. The first-order chi connectivity index (χ1) is 9.74. The highest BCUT2D eigenvalue weighted by atomic mass is 32.1. The summed E-state index contributed by atoms with van der Waals surface area (Å²) in [5, 5.41) is 0. The minimum absolute atomic E-state index is 0.299. The summed E-state index contributed by atoms with van der Waals surface area (Å²) in [6.07, 6.45) is 0. The lowest BCUT2D eigenvalue weighted by Gasteiger charge is -2.17. The van der Waals surface area contributed by atoms with Crippen molar-refractivity contribution in [1.29, 1.82) is 0 Å². The fraction of sp³-hybridized carbons (Fsp3) is 0.176. The zero-order valence-corrected chi connectivity index (χ0v) is 12.1. The van der Waals surface area contributed by atoms with Crippen LogP contribution < -0.4 is 0 Å². The number of ether oxygens (including phenoxy) is 1. The molecule has 0 saturated carbocycles. The fourth-order valence-electron chi connectivity index (χ4n) is 2.03. The second kappa shape index (κ2) is 6.96. The third kappa shape index (κ3) is 3.31. The number of carbonyl (C=O) groups excluding carboxylic acids is 1. The molecule has 0 N–H and O–H groups in total. The molecule has 0 fully saturated rings. The molecule has 20 heavy (non-hydrogen) atoms. The molecule has 0 radical (unpaired) electrons. The van der Waals surface area contributed by atoms with E-state index >= 15 is 0 Å². The van der Waals surface area contributed by atoms with Crippen LogP contribution in [-0.4, -0.2) is 17.4 Å². The summed E-state index contributed by atoms with van der Waals surface area (Å²) in [4.78, 5) is 12.8. The van der Waals surface area contributed by atoms with Crippen LogP contribution in [0.15, 0.2) is 60.7 Å². The van der Waals surface area contributed by atoms with E-state index in [0.29, 0.717) is 11.5 Å². The van der Waals surface area contributed by atoms with Gasteiger partial charge in [0.1, 0.15) is 5.92 Å². The molecule has 2 nitrogen and oxygen atoms in total. The predicted octanol–water partition coefficient (Wildman–Crippen LogP) is 3.75. The average molecular weight is 284 g/mol. The van der Waals surface area contributed by atoms with Crippen LogP contribution in [0, 0.1) is 0 Å². The summed E-state index contributed by atoms with van der Waals surface area (Å²) >= 11 is 5.51. The molecule has 1 atom stereocenters. The number of hydrogen-bond acceptors (Lipinski definition) is 3. The van der Waals surface area contributed by atoms with E-state index < -0.39 is 5.92 Å². The van der Waals surface area contributed by atoms with Gasteiger partial charge in [-0.05, 0) is 18.1 Å². The van der Waals surface area contributed by atoms with Crippen LogP contribution in [0.2, 0.25) is 0 Å². The number of thiocarbonyl (C=S) groups is 1. The number of esters is 1. The average Bonchev–Trinajstić information content (AvgIpc) is 2.50. The first-order valence-electron chi connectivity index (χ1n) is 6.55. The summed E-state index contributed by atoms with van der Waals surface area (Å²) in [6, 6.07) is 19.1. The topological polar surface area (TPSA) is 26.3 Å². The van der Waals surface area contributed by atoms with E-state index in [9.17, 15) is 4.79 Å². The molecule has 0 saturated heterocycles. The molecule has 0 aliphatic heterocycles. The molecule has 2 rings (SSSR count). The zero-order chi connectivity index (χ0) is 14.4. The summed E-state index contributed by atoms with van der Waals surface area (Å²) in [5.74, 6) is -0.832. The highest BCUT2D eigenvalue weighted by molar-refractivity contribution is 7.81. The standard InChI is InChI=1S/C17H16O2S/c1-2-19-17(18)15(13-9-5-3-6-10-13)16(20)14-11-7-4-8-12-14/h3-12,15H,2H2,1H3. The van der Waals surface area contributed by atoms with Crippen LogP contribution in [-0.2, 0) is 9.53 Å². The fourth-order valence-corrected chi connectivity index (χ4v) is 2.40. The van der Waals surface area contributed by atoms with Crippen molar-refractivity contribution in [2.45, 2.75) is 12.8 Å². The molecular formula is C17H16O2S. The van der Waals surface area contributed by atoms with Crippen molar-refractivity contribution in [3.8, 4) is 0 Å². The van der Waals surface area contributed by atoms with Gasteiger partial charge in [-0.3, -0.25) is 4.79 Å². The quantitative estimate of drug-likeness (QED) is 0.475. The van der Waals surface area contributed by atoms with Gasteiger partial charge in [0, 0.05) is 4.86 Å². The third-order valence-corrected chi connectivity index (χ3v) is 3.45. The smallest absolute Gasteiger partial charge is 0.318 e. The van der Waals surface area contributed by atoms with Crippen LogP contribution in [0.3, 0.4) is 0 Å². The van der Waals surface area contributed by atoms with Crippen molar-refractivity contribution in [2.75, 3.05) is 6.61 Å². The number of carbonyl (C=O) groups is 1. The minimum atomic E-state index is -0.534. The highest BCUT2D eigenvalue weighted by Gasteiger charge is 2.27. The van der Waals surface area contributed by atoms with E-state index in [1.807, 2.05) is 60.7 Å². The first-order valence-corrected chi connectivity index (χ1v) is 6.95. The van der Waals surface area contributed by atoms with Gasteiger partial charge in [0.15, 0.2) is 0 Å².